The Kier molecular flexibility index (Phi) is 3.98. The van der Waals surface area contributed by atoms with Gasteiger partial charge in [0.15, 0.2) is 5.82 Å². The second kappa shape index (κ2) is 5.53. The summed E-state index contributed by atoms with van der Waals surface area (Å²) in [5.74, 6) is -0.604. The van der Waals surface area contributed by atoms with Gasteiger partial charge in [-0.05, 0) is 35.2 Å². The number of nitrogens with zero attached hydrogens (tertiary/aromatic N) is 4. The molecule has 0 aliphatic rings. The first-order valence-electron chi connectivity index (χ1n) is 5.78. The summed E-state index contributed by atoms with van der Waals surface area (Å²) >= 11 is 0. The Morgan fingerprint density at radius 2 is 2.05 bits per heavy atom. The smallest absolute Gasteiger partial charge is 0.310 e. The van der Waals surface area contributed by atoms with E-state index in [9.17, 15) is 17.6 Å². The van der Waals surface area contributed by atoms with E-state index in [1.165, 1.54) is 0 Å². The van der Waals surface area contributed by atoms with Crippen LogP contribution >= 0.6 is 0 Å². The summed E-state index contributed by atoms with van der Waals surface area (Å²) in [4.78, 5) is 0. The van der Waals surface area contributed by atoms with Crippen molar-refractivity contribution in [2.75, 3.05) is 6.54 Å². The van der Waals surface area contributed by atoms with E-state index in [4.69, 9.17) is 0 Å². The molecule has 0 saturated carbocycles. The monoisotopic (exact) mass is 289 g/mol. The van der Waals surface area contributed by atoms with Crippen molar-refractivity contribution in [1.29, 1.82) is 0 Å². The first-order chi connectivity index (χ1) is 9.43. The molecule has 108 valence electrons. The number of benzene rings is 1. The predicted molar refractivity (Wildman–Crippen MR) is 61.5 cm³/mol. The number of nitrogens with one attached hydrogen (secondary N) is 1. The molecule has 0 aliphatic carbocycles. The van der Waals surface area contributed by atoms with E-state index in [-0.39, 0.29) is 18.1 Å². The highest BCUT2D eigenvalue weighted by atomic mass is 19.4. The third kappa shape index (κ3) is 2.93. The van der Waals surface area contributed by atoms with Gasteiger partial charge in [-0.2, -0.15) is 17.9 Å². The number of hydrogen-bond donors (Lipinski definition) is 1. The first-order valence-corrected chi connectivity index (χ1v) is 5.78. The van der Waals surface area contributed by atoms with Crippen LogP contribution in [0, 0.1) is 5.82 Å². The van der Waals surface area contributed by atoms with Crippen LogP contribution in [-0.4, -0.2) is 26.8 Å². The molecule has 2 aromatic rings. The van der Waals surface area contributed by atoms with Gasteiger partial charge in [0.05, 0.1) is 12.1 Å². The summed E-state index contributed by atoms with van der Waals surface area (Å²) in [5.41, 5.74) is -1.29. The Hall–Kier alpha value is -2.03. The lowest BCUT2D eigenvalue weighted by molar-refractivity contribution is -0.137. The normalized spacial score (nSPS) is 11.8. The lowest BCUT2D eigenvalue weighted by Crippen LogP contribution is -2.17. The van der Waals surface area contributed by atoms with E-state index in [0.29, 0.717) is 18.7 Å². The Labute approximate surface area is 111 Å². The quantitative estimate of drug-likeness (QED) is 0.874. The molecule has 2 rings (SSSR count). The van der Waals surface area contributed by atoms with E-state index < -0.39 is 17.6 Å². The van der Waals surface area contributed by atoms with E-state index in [2.05, 4.69) is 20.8 Å². The molecule has 0 aliphatic heterocycles. The lowest BCUT2D eigenvalue weighted by atomic mass is 10.2. The highest BCUT2D eigenvalue weighted by Gasteiger charge is 2.31. The molecule has 0 amide bonds. The van der Waals surface area contributed by atoms with Crippen molar-refractivity contribution in [2.24, 2.45) is 0 Å². The zero-order chi connectivity index (χ0) is 14.8. The third-order valence-electron chi connectivity index (χ3n) is 2.57. The van der Waals surface area contributed by atoms with Gasteiger partial charge in [0.2, 0.25) is 0 Å². The fraction of sp³-hybridized carbons (Fsp3) is 0.364. The fourth-order valence-corrected chi connectivity index (χ4v) is 1.59. The van der Waals surface area contributed by atoms with E-state index in [1.54, 1.807) is 0 Å². The topological polar surface area (TPSA) is 55.6 Å². The summed E-state index contributed by atoms with van der Waals surface area (Å²) < 4.78 is 52.6. The van der Waals surface area contributed by atoms with Gasteiger partial charge >= 0.3 is 6.18 Å². The maximum absolute atomic E-state index is 13.7. The van der Waals surface area contributed by atoms with Crippen LogP contribution in [-0.2, 0) is 12.7 Å². The van der Waals surface area contributed by atoms with Crippen LogP contribution in [0.4, 0.5) is 17.6 Å². The van der Waals surface area contributed by atoms with Gasteiger partial charge in [0.25, 0.3) is 0 Å². The van der Waals surface area contributed by atoms with Gasteiger partial charge in [-0.3, -0.25) is 0 Å². The molecule has 5 nitrogen and oxygen atoms in total. The second-order valence-electron chi connectivity index (χ2n) is 3.95. The van der Waals surface area contributed by atoms with Crippen LogP contribution in [0.3, 0.4) is 0 Å². The molecule has 1 heterocycles. The minimum absolute atomic E-state index is 0.221. The number of tetrazole rings is 1. The molecular formula is C11H11F4N5. The van der Waals surface area contributed by atoms with Crippen LogP contribution in [0.25, 0.3) is 5.69 Å². The zero-order valence-corrected chi connectivity index (χ0v) is 10.4. The average molecular weight is 289 g/mol. The number of hydrogen-bond acceptors (Lipinski definition) is 4. The van der Waals surface area contributed by atoms with Crippen molar-refractivity contribution >= 4 is 0 Å². The first kappa shape index (κ1) is 14.4. The van der Waals surface area contributed by atoms with Gasteiger partial charge in [0, 0.05) is 0 Å². The number of alkyl halides is 3. The summed E-state index contributed by atoms with van der Waals surface area (Å²) in [6.45, 7) is 2.69. The van der Waals surface area contributed by atoms with E-state index in [1.807, 2.05) is 6.92 Å². The molecule has 0 saturated heterocycles. The Morgan fingerprint density at radius 3 is 2.70 bits per heavy atom. The Bertz CT molecular complexity index is 593. The minimum atomic E-state index is -4.56. The molecule has 1 aromatic heterocycles. The van der Waals surface area contributed by atoms with Gasteiger partial charge in [0.1, 0.15) is 11.5 Å². The van der Waals surface area contributed by atoms with Gasteiger partial charge in [-0.15, -0.1) is 5.10 Å². The van der Waals surface area contributed by atoms with Crippen LogP contribution in [0.1, 0.15) is 18.3 Å². The second-order valence-corrected chi connectivity index (χ2v) is 3.95. The van der Waals surface area contributed by atoms with Gasteiger partial charge in [-0.25, -0.2) is 4.39 Å². The standard InChI is InChI=1S/C11H11F4N5/c1-2-16-6-10-17-18-19-20(10)9-5-7(11(13,14)15)3-4-8(9)12/h3-5,16H,2,6H2,1H3. The molecule has 0 bridgehead atoms. The van der Waals surface area contributed by atoms with Crippen molar-refractivity contribution in [3.8, 4) is 5.69 Å². The molecule has 0 atom stereocenters. The number of rotatable bonds is 4. The summed E-state index contributed by atoms with van der Waals surface area (Å²) in [6, 6.07) is 2.10. The highest BCUT2D eigenvalue weighted by molar-refractivity contribution is 5.38. The fourth-order valence-electron chi connectivity index (χ4n) is 1.59. The number of halogens is 4. The largest absolute Gasteiger partial charge is 0.416 e. The van der Waals surface area contributed by atoms with Crippen molar-refractivity contribution < 1.29 is 17.6 Å². The van der Waals surface area contributed by atoms with Crippen molar-refractivity contribution in [3.05, 3.63) is 35.4 Å². The molecule has 1 N–H and O–H groups in total. The molecule has 0 fully saturated rings. The van der Waals surface area contributed by atoms with Crippen LogP contribution < -0.4 is 5.32 Å². The van der Waals surface area contributed by atoms with Gasteiger partial charge in [-0.1, -0.05) is 6.92 Å². The summed E-state index contributed by atoms with van der Waals surface area (Å²) in [7, 11) is 0. The molecule has 1 aromatic carbocycles. The maximum Gasteiger partial charge on any atom is 0.416 e. The molecular weight excluding hydrogens is 278 g/mol. The van der Waals surface area contributed by atoms with Crippen molar-refractivity contribution in [1.82, 2.24) is 25.5 Å². The molecule has 9 heteroatoms. The third-order valence-corrected chi connectivity index (χ3v) is 2.57. The summed E-state index contributed by atoms with van der Waals surface area (Å²) in [6.07, 6.45) is -4.56. The molecule has 0 spiro atoms. The van der Waals surface area contributed by atoms with Crippen molar-refractivity contribution in [2.45, 2.75) is 19.6 Å². The maximum atomic E-state index is 13.7. The van der Waals surface area contributed by atoms with Crippen molar-refractivity contribution in [3.63, 3.8) is 0 Å². The lowest BCUT2D eigenvalue weighted by Gasteiger charge is -2.10. The van der Waals surface area contributed by atoms with Crippen LogP contribution in [0.15, 0.2) is 18.2 Å². The molecule has 0 radical (unpaired) electrons. The Morgan fingerprint density at radius 1 is 1.30 bits per heavy atom. The number of aromatic nitrogens is 4. The van der Waals surface area contributed by atoms with Crippen LogP contribution in [0.2, 0.25) is 0 Å². The predicted octanol–water partition coefficient (Wildman–Crippen LogP) is 1.93. The summed E-state index contributed by atoms with van der Waals surface area (Å²) in [5, 5.41) is 13.5. The van der Waals surface area contributed by atoms with Crippen LogP contribution in [0.5, 0.6) is 0 Å². The van der Waals surface area contributed by atoms with E-state index in [0.717, 1.165) is 10.7 Å². The van der Waals surface area contributed by atoms with E-state index >= 15 is 0 Å². The minimum Gasteiger partial charge on any atom is -0.310 e. The Balaban J connectivity index is 2.44. The molecule has 0 unspecified atom stereocenters. The SMILES string of the molecule is CCNCc1nnnn1-c1cc(C(F)(F)F)ccc1F. The average Bonchev–Trinajstić information content (AvgIpc) is 2.83. The zero-order valence-electron chi connectivity index (χ0n) is 10.4. The molecule has 20 heavy (non-hydrogen) atoms. The van der Waals surface area contributed by atoms with Gasteiger partial charge < -0.3 is 5.32 Å². The highest BCUT2D eigenvalue weighted by Crippen LogP contribution is 2.31.